The first-order chi connectivity index (χ1) is 31.1. The Kier molecular flexibility index (Phi) is 43.5. The fraction of sp³-hybridized carbons (Fsp3) is 0.691. The average molecular weight is 896 g/mol. The number of hydrogen-bond donors (Lipinski definition) is 0. The molecular weight excluding hydrogens is 803 g/mol. The second-order valence-electron chi connectivity index (χ2n) is 17.7. The topological polar surface area (TPSA) is 111 Å². The second-order valence-corrected chi connectivity index (χ2v) is 17.7. The highest BCUT2D eigenvalue weighted by molar-refractivity contribution is 5.70. The van der Waals surface area contributed by atoms with Gasteiger partial charge in [0, 0.05) is 12.8 Å². The largest absolute Gasteiger partial charge is 0.545 e. The van der Waals surface area contributed by atoms with E-state index in [1.807, 2.05) is 21.1 Å². The summed E-state index contributed by atoms with van der Waals surface area (Å²) in [6, 6.07) is 0. The van der Waals surface area contributed by atoms with Gasteiger partial charge in [-0.2, -0.15) is 0 Å². The standard InChI is InChI=1S/C55H93NO8/c1-6-8-10-12-14-16-18-19-20-21-22-23-24-25-26-27-28-29-30-31-32-33-34-35-36-38-40-42-44-46-53(58)64-51(50-63-55(54(59)60)61-48-47-56(3,4)5)49-62-52(57)45-43-41-39-37-17-15-13-11-9-7-2/h8,10,14,16,19-20,22-23,25-26,28-29,31-32,51,55H,6-7,9,11-13,15,17-18,21,24,27,30,33-50H2,1-5H3/b10-8-,16-14-,20-19-,23-22-,26-25-,29-28-,32-31-. The Hall–Kier alpha value is -3.53. The highest BCUT2D eigenvalue weighted by Crippen LogP contribution is 2.14. The number of aliphatic carboxylic acids is 1. The van der Waals surface area contributed by atoms with Gasteiger partial charge >= 0.3 is 11.9 Å². The van der Waals surface area contributed by atoms with Crippen molar-refractivity contribution in [2.24, 2.45) is 0 Å². The van der Waals surface area contributed by atoms with Gasteiger partial charge in [-0.25, -0.2) is 0 Å². The van der Waals surface area contributed by atoms with E-state index in [9.17, 15) is 19.5 Å². The van der Waals surface area contributed by atoms with Crippen LogP contribution in [0.5, 0.6) is 0 Å². The van der Waals surface area contributed by atoms with Crippen molar-refractivity contribution in [3.05, 3.63) is 85.1 Å². The lowest BCUT2D eigenvalue weighted by Crippen LogP contribution is -2.44. The lowest BCUT2D eigenvalue weighted by Gasteiger charge is -2.26. The van der Waals surface area contributed by atoms with Crippen LogP contribution >= 0.6 is 0 Å². The van der Waals surface area contributed by atoms with Crippen LogP contribution in [0.15, 0.2) is 85.1 Å². The van der Waals surface area contributed by atoms with Crippen LogP contribution in [-0.2, 0) is 33.3 Å². The molecule has 2 atom stereocenters. The molecule has 0 aliphatic heterocycles. The smallest absolute Gasteiger partial charge is 0.306 e. The van der Waals surface area contributed by atoms with Crippen molar-refractivity contribution in [3.63, 3.8) is 0 Å². The lowest BCUT2D eigenvalue weighted by molar-refractivity contribution is -0.870. The van der Waals surface area contributed by atoms with Crippen molar-refractivity contribution in [2.45, 2.75) is 200 Å². The predicted molar refractivity (Wildman–Crippen MR) is 264 cm³/mol. The minimum atomic E-state index is -1.63. The summed E-state index contributed by atoms with van der Waals surface area (Å²) in [4.78, 5) is 37.0. The Morgan fingerprint density at radius 3 is 1.33 bits per heavy atom. The van der Waals surface area contributed by atoms with Gasteiger partial charge in [0.1, 0.15) is 13.2 Å². The molecule has 64 heavy (non-hydrogen) atoms. The van der Waals surface area contributed by atoms with E-state index < -0.39 is 24.3 Å². The molecule has 0 aromatic heterocycles. The van der Waals surface area contributed by atoms with E-state index in [0.717, 1.165) is 89.9 Å². The van der Waals surface area contributed by atoms with Gasteiger partial charge in [-0.05, 0) is 70.6 Å². The molecule has 0 bridgehead atoms. The highest BCUT2D eigenvalue weighted by Gasteiger charge is 2.21. The second kappa shape index (κ2) is 46.0. The number of esters is 2. The van der Waals surface area contributed by atoms with Gasteiger partial charge in [0.2, 0.25) is 0 Å². The van der Waals surface area contributed by atoms with Gasteiger partial charge in [-0.15, -0.1) is 0 Å². The maximum Gasteiger partial charge on any atom is 0.306 e. The fourth-order valence-electron chi connectivity index (χ4n) is 6.51. The summed E-state index contributed by atoms with van der Waals surface area (Å²) in [5, 5.41) is 11.7. The Labute approximate surface area is 391 Å². The summed E-state index contributed by atoms with van der Waals surface area (Å²) >= 11 is 0. The molecule has 366 valence electrons. The number of rotatable bonds is 45. The van der Waals surface area contributed by atoms with E-state index in [2.05, 4.69) is 98.9 Å². The molecule has 0 aliphatic rings. The van der Waals surface area contributed by atoms with E-state index in [-0.39, 0.29) is 38.6 Å². The minimum absolute atomic E-state index is 0.142. The van der Waals surface area contributed by atoms with Crippen molar-refractivity contribution in [1.82, 2.24) is 0 Å². The average Bonchev–Trinajstić information content (AvgIpc) is 3.26. The van der Waals surface area contributed by atoms with Crippen molar-refractivity contribution in [1.29, 1.82) is 0 Å². The van der Waals surface area contributed by atoms with Gasteiger partial charge in [0.25, 0.3) is 0 Å². The molecule has 9 nitrogen and oxygen atoms in total. The molecule has 0 spiro atoms. The van der Waals surface area contributed by atoms with Crippen molar-refractivity contribution >= 4 is 17.9 Å². The van der Waals surface area contributed by atoms with Crippen molar-refractivity contribution in [2.75, 3.05) is 47.5 Å². The first-order valence-electron chi connectivity index (χ1n) is 25.2. The number of allylic oxidation sites excluding steroid dienone is 14. The van der Waals surface area contributed by atoms with E-state index in [1.54, 1.807) is 0 Å². The number of carboxylic acid groups (broad SMARTS) is 1. The van der Waals surface area contributed by atoms with Crippen LogP contribution in [0, 0.1) is 0 Å². The maximum atomic E-state index is 12.8. The Bertz CT molecular complexity index is 1320. The number of carboxylic acids is 1. The normalized spacial score (nSPS) is 13.6. The molecule has 0 aromatic rings. The summed E-state index contributed by atoms with van der Waals surface area (Å²) in [6.07, 6.45) is 56.2. The van der Waals surface area contributed by atoms with E-state index in [0.29, 0.717) is 17.4 Å². The Morgan fingerprint density at radius 2 is 0.891 bits per heavy atom. The summed E-state index contributed by atoms with van der Waals surface area (Å²) in [6.45, 7) is 4.58. The third-order valence-corrected chi connectivity index (χ3v) is 10.4. The first kappa shape index (κ1) is 60.5. The maximum absolute atomic E-state index is 12.8. The molecular formula is C55H93NO8. The number of carbonyl (C=O) groups is 3. The third-order valence-electron chi connectivity index (χ3n) is 10.4. The Balaban J connectivity index is 4.28. The van der Waals surface area contributed by atoms with Crippen molar-refractivity contribution < 1.29 is 42.9 Å². The minimum Gasteiger partial charge on any atom is -0.545 e. The molecule has 0 rings (SSSR count). The van der Waals surface area contributed by atoms with E-state index >= 15 is 0 Å². The molecule has 0 saturated heterocycles. The predicted octanol–water partition coefficient (Wildman–Crippen LogP) is 12.7. The van der Waals surface area contributed by atoms with Crippen LogP contribution in [0.3, 0.4) is 0 Å². The number of quaternary nitrogens is 1. The third kappa shape index (κ3) is 46.5. The number of likely N-dealkylation sites (N-methyl/N-ethyl adjacent to an activating group) is 1. The van der Waals surface area contributed by atoms with E-state index in [4.69, 9.17) is 18.9 Å². The van der Waals surface area contributed by atoms with Crippen LogP contribution in [0.25, 0.3) is 0 Å². The number of ether oxygens (including phenoxy) is 4. The summed E-state index contributed by atoms with van der Waals surface area (Å²) in [5.41, 5.74) is 0. The van der Waals surface area contributed by atoms with Crippen LogP contribution in [0.2, 0.25) is 0 Å². The van der Waals surface area contributed by atoms with Gasteiger partial charge in [-0.3, -0.25) is 9.59 Å². The van der Waals surface area contributed by atoms with Crippen LogP contribution in [0.4, 0.5) is 0 Å². The van der Waals surface area contributed by atoms with Gasteiger partial charge in [0.15, 0.2) is 12.4 Å². The summed E-state index contributed by atoms with van der Waals surface area (Å²) in [5.74, 6) is -2.31. The van der Waals surface area contributed by atoms with Crippen LogP contribution in [-0.4, -0.2) is 82.3 Å². The summed E-state index contributed by atoms with van der Waals surface area (Å²) in [7, 11) is 5.90. The molecule has 0 N–H and O–H groups in total. The highest BCUT2D eigenvalue weighted by atomic mass is 16.7. The summed E-state index contributed by atoms with van der Waals surface area (Å²) < 4.78 is 22.5. The molecule has 0 heterocycles. The first-order valence-corrected chi connectivity index (χ1v) is 25.2. The SMILES string of the molecule is CC/C=C\C/C=C\C/C=C\C/C=C\C/C=C\C/C=C\C/C=C\CCCCCCCCCC(=O)OC(COC(=O)CCCCCCCCCCCC)COC(OCC[N+](C)(C)C)C(=O)[O-]. The lowest BCUT2D eigenvalue weighted by atomic mass is 10.1. The number of nitrogens with zero attached hydrogens (tertiary/aromatic N) is 1. The molecule has 0 aromatic carbocycles. The fourth-order valence-corrected chi connectivity index (χ4v) is 6.51. The molecule has 0 aliphatic carbocycles. The number of hydrogen-bond acceptors (Lipinski definition) is 8. The molecule has 9 heteroatoms. The molecule has 2 unspecified atom stereocenters. The van der Waals surface area contributed by atoms with Gasteiger partial charge < -0.3 is 33.3 Å². The zero-order chi connectivity index (χ0) is 47.0. The quantitative estimate of drug-likeness (QED) is 0.0195. The van der Waals surface area contributed by atoms with E-state index in [1.165, 1.54) is 64.2 Å². The zero-order valence-corrected chi connectivity index (χ0v) is 41.4. The molecule has 0 amide bonds. The van der Waals surface area contributed by atoms with Gasteiger partial charge in [0.05, 0.1) is 40.3 Å². The molecule has 0 fully saturated rings. The molecule has 0 radical (unpaired) electrons. The van der Waals surface area contributed by atoms with Crippen LogP contribution in [0.1, 0.15) is 187 Å². The van der Waals surface area contributed by atoms with Crippen molar-refractivity contribution in [3.8, 4) is 0 Å². The van der Waals surface area contributed by atoms with Crippen LogP contribution < -0.4 is 5.11 Å². The molecule has 0 saturated carbocycles. The number of unbranched alkanes of at least 4 members (excludes halogenated alkanes) is 16. The monoisotopic (exact) mass is 896 g/mol. The Morgan fingerprint density at radius 1 is 0.484 bits per heavy atom. The zero-order valence-electron chi connectivity index (χ0n) is 41.4. The number of carbonyl (C=O) groups excluding carboxylic acids is 3. The van der Waals surface area contributed by atoms with Gasteiger partial charge in [-0.1, -0.05) is 189 Å².